The molecule has 0 saturated carbocycles. The van der Waals surface area contributed by atoms with Crippen molar-refractivity contribution in [2.75, 3.05) is 7.11 Å². The van der Waals surface area contributed by atoms with Crippen LogP contribution in [-0.2, 0) is 0 Å². The van der Waals surface area contributed by atoms with E-state index in [1.165, 1.54) is 0 Å². The molecule has 2 aromatic carbocycles. The van der Waals surface area contributed by atoms with Crippen LogP contribution in [0.4, 0.5) is 0 Å². The molecule has 0 N–H and O–H groups in total. The van der Waals surface area contributed by atoms with Crippen LogP contribution < -0.4 is 9.47 Å². The topological polar surface area (TPSA) is 31.4 Å². The van der Waals surface area contributed by atoms with Gasteiger partial charge in [0.2, 0.25) is 0 Å². The zero-order chi connectivity index (χ0) is 13.8. The minimum atomic E-state index is 0.785. The van der Waals surface area contributed by atoms with Gasteiger partial charge in [-0.25, -0.2) is 4.98 Å². The first-order valence-corrected chi connectivity index (χ1v) is 7.05. The van der Waals surface area contributed by atoms with Gasteiger partial charge in [-0.05, 0) is 48.5 Å². The van der Waals surface area contributed by atoms with E-state index in [1.807, 2.05) is 60.1 Å². The van der Waals surface area contributed by atoms with Gasteiger partial charge in [0.1, 0.15) is 22.3 Å². The van der Waals surface area contributed by atoms with Gasteiger partial charge in [-0.3, -0.25) is 0 Å². The highest BCUT2D eigenvalue weighted by Crippen LogP contribution is 2.27. The molecule has 100 valence electrons. The molecule has 1 aromatic heterocycles. The number of hydrogen-bond acceptors (Lipinski definition) is 4. The second-order valence-corrected chi connectivity index (χ2v) is 5.03. The van der Waals surface area contributed by atoms with Crippen molar-refractivity contribution in [3.63, 3.8) is 0 Å². The number of methoxy groups -OCH3 is 1. The highest BCUT2D eigenvalue weighted by atomic mass is 32.1. The average molecular weight is 283 g/mol. The van der Waals surface area contributed by atoms with Crippen molar-refractivity contribution in [2.24, 2.45) is 0 Å². The molecule has 0 aliphatic heterocycles. The van der Waals surface area contributed by atoms with Gasteiger partial charge in [0, 0.05) is 17.1 Å². The van der Waals surface area contributed by atoms with Crippen LogP contribution in [-0.4, -0.2) is 12.1 Å². The zero-order valence-electron chi connectivity index (χ0n) is 10.9. The monoisotopic (exact) mass is 283 g/mol. The van der Waals surface area contributed by atoms with Crippen LogP contribution in [0.15, 0.2) is 60.1 Å². The third kappa shape index (κ3) is 2.81. The Kier molecular flexibility index (Phi) is 3.65. The molecule has 3 rings (SSSR count). The van der Waals surface area contributed by atoms with Crippen molar-refractivity contribution in [2.45, 2.75) is 0 Å². The Labute approximate surface area is 121 Å². The first-order valence-electron chi connectivity index (χ1n) is 6.17. The molecule has 0 unspecified atom stereocenters. The Bertz CT molecular complexity index is 661. The molecule has 1 heterocycles. The fourth-order valence-electron chi connectivity index (χ4n) is 1.81. The fourth-order valence-corrected chi connectivity index (χ4v) is 2.46. The third-order valence-electron chi connectivity index (χ3n) is 2.83. The van der Waals surface area contributed by atoms with Crippen LogP contribution in [0.5, 0.6) is 17.2 Å². The van der Waals surface area contributed by atoms with Gasteiger partial charge < -0.3 is 9.47 Å². The van der Waals surface area contributed by atoms with Gasteiger partial charge in [-0.1, -0.05) is 0 Å². The smallest absolute Gasteiger partial charge is 0.127 e. The molecule has 3 nitrogen and oxygen atoms in total. The highest BCUT2D eigenvalue weighted by Gasteiger charge is 2.02. The molecular formula is C16H13NO2S. The quantitative estimate of drug-likeness (QED) is 0.700. The van der Waals surface area contributed by atoms with Crippen molar-refractivity contribution < 1.29 is 9.47 Å². The minimum Gasteiger partial charge on any atom is -0.497 e. The second-order valence-electron chi connectivity index (χ2n) is 4.14. The Morgan fingerprint density at radius 2 is 1.45 bits per heavy atom. The standard InChI is InChI=1S/C16H13NO2S/c1-18-13-6-8-15(9-7-13)19-14-4-2-12(3-5-14)16-17-10-11-20-16/h2-11H,1H3. The van der Waals surface area contributed by atoms with Crippen molar-refractivity contribution in [1.82, 2.24) is 4.98 Å². The summed E-state index contributed by atoms with van der Waals surface area (Å²) in [7, 11) is 1.65. The minimum absolute atomic E-state index is 0.785. The molecule has 0 atom stereocenters. The molecule has 0 aliphatic carbocycles. The van der Waals surface area contributed by atoms with Gasteiger partial charge >= 0.3 is 0 Å². The van der Waals surface area contributed by atoms with E-state index in [-0.39, 0.29) is 0 Å². The number of rotatable bonds is 4. The van der Waals surface area contributed by atoms with Crippen LogP contribution in [0.25, 0.3) is 10.6 Å². The number of ether oxygens (including phenoxy) is 2. The van der Waals surface area contributed by atoms with Crippen molar-refractivity contribution in [1.29, 1.82) is 0 Å². The molecule has 0 bridgehead atoms. The maximum atomic E-state index is 5.78. The summed E-state index contributed by atoms with van der Waals surface area (Å²) in [4.78, 5) is 4.28. The van der Waals surface area contributed by atoms with Crippen molar-refractivity contribution >= 4 is 11.3 Å². The first-order chi connectivity index (χ1) is 9.85. The van der Waals surface area contributed by atoms with E-state index in [1.54, 1.807) is 18.4 Å². The van der Waals surface area contributed by atoms with Gasteiger partial charge in [0.25, 0.3) is 0 Å². The van der Waals surface area contributed by atoms with E-state index in [2.05, 4.69) is 4.98 Å². The SMILES string of the molecule is COc1ccc(Oc2ccc(-c3nccs3)cc2)cc1. The van der Waals surface area contributed by atoms with Gasteiger partial charge in [0.15, 0.2) is 0 Å². The average Bonchev–Trinajstić information content (AvgIpc) is 3.03. The number of aromatic nitrogens is 1. The predicted octanol–water partition coefficient (Wildman–Crippen LogP) is 4.61. The largest absolute Gasteiger partial charge is 0.497 e. The van der Waals surface area contributed by atoms with Crippen molar-refractivity contribution in [3.05, 3.63) is 60.1 Å². The van der Waals surface area contributed by atoms with Gasteiger partial charge in [-0.15, -0.1) is 11.3 Å². The lowest BCUT2D eigenvalue weighted by Gasteiger charge is -2.07. The molecule has 0 amide bonds. The van der Waals surface area contributed by atoms with Crippen molar-refractivity contribution in [3.8, 4) is 27.8 Å². The van der Waals surface area contributed by atoms with E-state index < -0.39 is 0 Å². The summed E-state index contributed by atoms with van der Waals surface area (Å²) in [5.41, 5.74) is 1.10. The van der Waals surface area contributed by atoms with Gasteiger partial charge in [0.05, 0.1) is 7.11 Å². The van der Waals surface area contributed by atoms with E-state index in [4.69, 9.17) is 9.47 Å². The van der Waals surface area contributed by atoms with Crippen LogP contribution in [0.3, 0.4) is 0 Å². The molecule has 0 saturated heterocycles. The lowest BCUT2D eigenvalue weighted by molar-refractivity contribution is 0.413. The molecule has 4 heteroatoms. The number of thiazole rings is 1. The zero-order valence-corrected chi connectivity index (χ0v) is 11.8. The number of nitrogens with zero attached hydrogens (tertiary/aromatic N) is 1. The number of hydrogen-bond donors (Lipinski definition) is 0. The van der Waals surface area contributed by atoms with E-state index in [0.29, 0.717) is 0 Å². The summed E-state index contributed by atoms with van der Waals surface area (Å²) in [6.07, 6.45) is 1.81. The highest BCUT2D eigenvalue weighted by molar-refractivity contribution is 7.13. The summed E-state index contributed by atoms with van der Waals surface area (Å²) in [6, 6.07) is 15.4. The molecule has 0 spiro atoms. The number of benzene rings is 2. The van der Waals surface area contributed by atoms with E-state index in [9.17, 15) is 0 Å². The second kappa shape index (κ2) is 5.75. The summed E-state index contributed by atoms with van der Waals surface area (Å²) < 4.78 is 10.9. The summed E-state index contributed by atoms with van der Waals surface area (Å²) in [5.74, 6) is 2.40. The Morgan fingerprint density at radius 1 is 0.850 bits per heavy atom. The molecule has 0 fully saturated rings. The molecule has 20 heavy (non-hydrogen) atoms. The Balaban J connectivity index is 1.74. The fraction of sp³-hybridized carbons (Fsp3) is 0.0625. The van der Waals surface area contributed by atoms with Gasteiger partial charge in [-0.2, -0.15) is 0 Å². The lowest BCUT2D eigenvalue weighted by Crippen LogP contribution is -1.86. The summed E-state index contributed by atoms with van der Waals surface area (Å²) in [5, 5.41) is 2.98. The lowest BCUT2D eigenvalue weighted by atomic mass is 10.2. The first kappa shape index (κ1) is 12.7. The van der Waals surface area contributed by atoms with Crippen LogP contribution in [0.1, 0.15) is 0 Å². The molecule has 0 aliphatic rings. The summed E-state index contributed by atoms with van der Waals surface area (Å²) in [6.45, 7) is 0. The Hall–Kier alpha value is -2.33. The Morgan fingerprint density at radius 3 is 2.00 bits per heavy atom. The third-order valence-corrected chi connectivity index (χ3v) is 3.65. The van der Waals surface area contributed by atoms with E-state index in [0.717, 1.165) is 27.8 Å². The molecular weight excluding hydrogens is 270 g/mol. The van der Waals surface area contributed by atoms with Crippen LogP contribution in [0.2, 0.25) is 0 Å². The van der Waals surface area contributed by atoms with Crippen LogP contribution in [0, 0.1) is 0 Å². The molecule has 0 radical (unpaired) electrons. The molecule has 3 aromatic rings. The maximum Gasteiger partial charge on any atom is 0.127 e. The predicted molar refractivity (Wildman–Crippen MR) is 80.6 cm³/mol. The van der Waals surface area contributed by atoms with E-state index >= 15 is 0 Å². The normalized spacial score (nSPS) is 10.2. The maximum absolute atomic E-state index is 5.78. The van der Waals surface area contributed by atoms with Crippen LogP contribution >= 0.6 is 11.3 Å². The summed E-state index contributed by atoms with van der Waals surface area (Å²) >= 11 is 1.62.